The molecule has 7 N–H and O–H groups in total. The molecule has 242 valence electrons. The summed E-state index contributed by atoms with van der Waals surface area (Å²) in [7, 11) is 0. The predicted octanol–water partition coefficient (Wildman–Crippen LogP) is 3.74. The van der Waals surface area contributed by atoms with Gasteiger partial charge in [-0.3, -0.25) is 4.79 Å². The zero-order chi connectivity index (χ0) is 33.7. The second-order valence-electron chi connectivity index (χ2n) is 11.1. The van der Waals surface area contributed by atoms with Crippen LogP contribution in [0, 0.1) is 0 Å². The van der Waals surface area contributed by atoms with Gasteiger partial charge in [-0.15, -0.1) is 0 Å². The van der Waals surface area contributed by atoms with E-state index in [0.29, 0.717) is 16.8 Å². The summed E-state index contributed by atoms with van der Waals surface area (Å²) in [5.74, 6) is -4.36. The lowest BCUT2D eigenvalue weighted by Crippen LogP contribution is -2.59. The maximum absolute atomic E-state index is 13.5. The van der Waals surface area contributed by atoms with E-state index in [4.69, 9.17) is 9.47 Å². The average molecular weight is 642 g/mol. The van der Waals surface area contributed by atoms with Crippen molar-refractivity contribution in [2.45, 2.75) is 36.8 Å². The van der Waals surface area contributed by atoms with Gasteiger partial charge in [-0.1, -0.05) is 42.5 Å². The number of carbonyl (C=O) groups is 3. The number of hydrogen-bond acceptors (Lipinski definition) is 11. The molecule has 1 aliphatic rings. The molecule has 0 aliphatic heterocycles. The average Bonchev–Trinajstić information content (AvgIpc) is 3.04. The monoisotopic (exact) mass is 641 g/mol. The number of rotatable bonds is 8. The molecule has 0 aromatic heterocycles. The van der Waals surface area contributed by atoms with Gasteiger partial charge in [0.2, 0.25) is 0 Å². The summed E-state index contributed by atoms with van der Waals surface area (Å²) in [6, 6.07) is 20.3. The maximum atomic E-state index is 13.5. The number of aliphatic hydroxyl groups excluding tert-OH is 1. The molecule has 1 saturated carbocycles. The molecule has 2 unspecified atom stereocenters. The Kier molecular flexibility index (Phi) is 9.45. The van der Waals surface area contributed by atoms with Gasteiger partial charge in [0.15, 0.2) is 28.6 Å². The van der Waals surface area contributed by atoms with Crippen LogP contribution in [0.1, 0.15) is 24.0 Å². The number of anilines is 1. The largest absolute Gasteiger partial charge is 0.504 e. The van der Waals surface area contributed by atoms with Crippen LogP contribution in [0.25, 0.3) is 22.9 Å². The third-order valence-corrected chi connectivity index (χ3v) is 7.63. The summed E-state index contributed by atoms with van der Waals surface area (Å²) < 4.78 is 10.8. The van der Waals surface area contributed by atoms with E-state index >= 15 is 0 Å². The Balaban J connectivity index is 1.35. The topological polar surface area (TPSA) is 203 Å². The molecule has 1 aliphatic carbocycles. The Morgan fingerprint density at radius 3 is 1.70 bits per heavy atom. The molecule has 0 spiro atoms. The number of hydrogen-bond donors (Lipinski definition) is 7. The molecular weight excluding hydrogens is 610 g/mol. The second kappa shape index (κ2) is 13.6. The molecule has 1 fully saturated rings. The highest BCUT2D eigenvalue weighted by molar-refractivity contribution is 5.99. The number of nitrogens with one attached hydrogen (secondary N) is 1. The van der Waals surface area contributed by atoms with Gasteiger partial charge in [-0.2, -0.15) is 0 Å². The van der Waals surface area contributed by atoms with Crippen LogP contribution in [0.5, 0.6) is 23.0 Å². The number of fused-ring (bicyclic) bond motifs is 1. The predicted molar refractivity (Wildman–Crippen MR) is 170 cm³/mol. The van der Waals surface area contributed by atoms with Crippen molar-refractivity contribution >= 4 is 46.5 Å². The van der Waals surface area contributed by atoms with Crippen molar-refractivity contribution in [1.29, 1.82) is 0 Å². The molecule has 4 aromatic rings. The summed E-state index contributed by atoms with van der Waals surface area (Å²) in [6.07, 6.45) is -1.20. The highest BCUT2D eigenvalue weighted by Crippen LogP contribution is 2.35. The van der Waals surface area contributed by atoms with E-state index in [1.165, 1.54) is 48.6 Å². The minimum absolute atomic E-state index is 0.341. The molecular formula is C35H31NO11. The number of benzene rings is 4. The number of carbonyl (C=O) groups excluding carboxylic acids is 3. The Morgan fingerprint density at radius 2 is 1.19 bits per heavy atom. The SMILES string of the molecule is O=C(C=Cc1ccc(O)c(O)c1)O[C@@H]1CC(O)(C(=O)Nc2ccc3ccccc3c2)C[C@@H](OC(=O)/C=C/c2ccc(O)c(O)c2)C1O. The Labute approximate surface area is 268 Å². The van der Waals surface area contributed by atoms with Crippen LogP contribution in [0.2, 0.25) is 0 Å². The quantitative estimate of drug-likeness (QED) is 0.0839. The number of aliphatic hydroxyl groups is 2. The van der Waals surface area contributed by atoms with Gasteiger partial charge in [0.25, 0.3) is 5.91 Å². The van der Waals surface area contributed by atoms with Crippen LogP contribution in [0.3, 0.4) is 0 Å². The molecule has 0 bridgehead atoms. The molecule has 4 atom stereocenters. The van der Waals surface area contributed by atoms with Crippen LogP contribution < -0.4 is 5.32 Å². The van der Waals surface area contributed by atoms with Gasteiger partial charge < -0.3 is 45.4 Å². The first-order valence-electron chi connectivity index (χ1n) is 14.4. The number of phenolic OH excluding ortho intramolecular Hbond substituents is 4. The van der Waals surface area contributed by atoms with Crippen molar-refractivity contribution in [3.63, 3.8) is 0 Å². The Bertz CT molecular complexity index is 1800. The number of phenols is 4. The number of ether oxygens (including phenoxy) is 2. The molecule has 0 saturated heterocycles. The first kappa shape index (κ1) is 32.5. The summed E-state index contributed by atoms with van der Waals surface area (Å²) in [4.78, 5) is 39.0. The zero-order valence-corrected chi connectivity index (χ0v) is 24.7. The summed E-state index contributed by atoms with van der Waals surface area (Å²) >= 11 is 0. The van der Waals surface area contributed by atoms with Crippen LogP contribution in [-0.2, 0) is 23.9 Å². The highest BCUT2D eigenvalue weighted by atomic mass is 16.6. The minimum atomic E-state index is -2.26. The molecule has 0 radical (unpaired) electrons. The lowest BCUT2D eigenvalue weighted by Gasteiger charge is -2.41. The maximum Gasteiger partial charge on any atom is 0.331 e. The van der Waals surface area contributed by atoms with Crippen molar-refractivity contribution in [3.8, 4) is 23.0 Å². The summed E-state index contributed by atoms with van der Waals surface area (Å²) in [5, 5.41) is 65.4. The highest BCUT2D eigenvalue weighted by Gasteiger charge is 2.52. The molecule has 4 aromatic carbocycles. The third kappa shape index (κ3) is 7.87. The van der Waals surface area contributed by atoms with Crippen LogP contribution in [0.4, 0.5) is 5.69 Å². The molecule has 1 amide bonds. The van der Waals surface area contributed by atoms with E-state index in [1.54, 1.807) is 18.2 Å². The van der Waals surface area contributed by atoms with Gasteiger partial charge in [-0.05, 0) is 70.4 Å². The third-order valence-electron chi connectivity index (χ3n) is 7.63. The van der Waals surface area contributed by atoms with E-state index in [-0.39, 0.29) is 11.5 Å². The number of esters is 2. The van der Waals surface area contributed by atoms with Crippen molar-refractivity contribution in [2.24, 2.45) is 0 Å². The van der Waals surface area contributed by atoms with Gasteiger partial charge >= 0.3 is 11.9 Å². The van der Waals surface area contributed by atoms with E-state index < -0.39 is 66.1 Å². The zero-order valence-electron chi connectivity index (χ0n) is 24.7. The summed E-state index contributed by atoms with van der Waals surface area (Å²) in [6.45, 7) is 0. The number of amides is 1. The lowest BCUT2D eigenvalue weighted by atomic mass is 9.78. The normalized spacial score (nSPS) is 21.1. The van der Waals surface area contributed by atoms with Gasteiger partial charge in [-0.25, -0.2) is 9.59 Å². The first-order valence-corrected chi connectivity index (χ1v) is 14.4. The fraction of sp³-hybridized carbons (Fsp3) is 0.171. The molecule has 5 rings (SSSR count). The van der Waals surface area contributed by atoms with Crippen molar-refractivity contribution in [1.82, 2.24) is 0 Å². The van der Waals surface area contributed by atoms with Crippen LogP contribution in [-0.4, -0.2) is 72.4 Å². The fourth-order valence-electron chi connectivity index (χ4n) is 5.15. The smallest absolute Gasteiger partial charge is 0.331 e. The summed E-state index contributed by atoms with van der Waals surface area (Å²) in [5.41, 5.74) is -1.21. The van der Waals surface area contributed by atoms with E-state index in [0.717, 1.165) is 22.9 Å². The Morgan fingerprint density at radius 1 is 0.681 bits per heavy atom. The van der Waals surface area contributed by atoms with E-state index in [2.05, 4.69) is 5.32 Å². The van der Waals surface area contributed by atoms with Gasteiger partial charge in [0.1, 0.15) is 18.3 Å². The van der Waals surface area contributed by atoms with Crippen LogP contribution in [0.15, 0.2) is 91.0 Å². The van der Waals surface area contributed by atoms with E-state index in [1.807, 2.05) is 24.3 Å². The first-order chi connectivity index (χ1) is 22.4. The fourth-order valence-corrected chi connectivity index (χ4v) is 5.15. The van der Waals surface area contributed by atoms with E-state index in [9.17, 15) is 45.0 Å². The minimum Gasteiger partial charge on any atom is -0.504 e. The standard InChI is InChI=1S/C35H31NO11/c37-25-11-5-20(15-27(25)39)7-13-31(41)46-29-18-35(45,34(44)36-24-10-9-22-3-1-2-4-23(22)17-24)19-30(33(29)43)47-32(42)14-8-21-6-12-26(38)28(40)16-21/h1-17,29-30,33,37-40,43,45H,18-19H2,(H,36,44)/b13-7+,14-8?/t29-,30-,33?,35?/m1/s1. The molecule has 12 nitrogen and oxygen atoms in total. The second-order valence-corrected chi connectivity index (χ2v) is 11.1. The van der Waals surface area contributed by atoms with Gasteiger partial charge in [0.05, 0.1) is 0 Å². The van der Waals surface area contributed by atoms with Crippen LogP contribution >= 0.6 is 0 Å². The van der Waals surface area contributed by atoms with Gasteiger partial charge in [0, 0.05) is 30.7 Å². The van der Waals surface area contributed by atoms with Crippen molar-refractivity contribution < 1.29 is 54.5 Å². The Hall–Kier alpha value is -5.85. The lowest BCUT2D eigenvalue weighted by molar-refractivity contribution is -0.194. The molecule has 12 heteroatoms. The van der Waals surface area contributed by atoms with Crippen molar-refractivity contribution in [3.05, 3.63) is 102 Å². The van der Waals surface area contributed by atoms with Crippen molar-refractivity contribution in [2.75, 3.05) is 5.32 Å². The number of aromatic hydroxyl groups is 4. The molecule has 47 heavy (non-hydrogen) atoms. The molecule has 0 heterocycles.